The fourth-order valence-electron chi connectivity index (χ4n) is 3.01. The summed E-state index contributed by atoms with van der Waals surface area (Å²) in [7, 11) is 0. The molecule has 0 aliphatic carbocycles. The van der Waals surface area contributed by atoms with E-state index in [-0.39, 0.29) is 11.9 Å². The Morgan fingerprint density at radius 3 is 2.33 bits per heavy atom. The molecular weight excluding hydrogens is 294 g/mol. The number of nitrogens with one attached hydrogen (secondary N) is 1. The highest BCUT2D eigenvalue weighted by Crippen LogP contribution is 2.17. The van der Waals surface area contributed by atoms with Crippen molar-refractivity contribution in [3.05, 3.63) is 83.9 Å². The molecule has 1 amide bonds. The molecule has 3 rings (SSSR count). The van der Waals surface area contributed by atoms with Crippen molar-refractivity contribution < 1.29 is 4.79 Å². The van der Waals surface area contributed by atoms with Gasteiger partial charge in [-0.1, -0.05) is 79.7 Å². The lowest BCUT2D eigenvalue weighted by Gasteiger charge is -2.17. The molecule has 1 atom stereocenters. The van der Waals surface area contributed by atoms with Crippen LogP contribution >= 0.6 is 0 Å². The Morgan fingerprint density at radius 2 is 1.58 bits per heavy atom. The van der Waals surface area contributed by atoms with Crippen molar-refractivity contribution in [1.82, 2.24) is 5.32 Å². The molecule has 0 fully saturated rings. The van der Waals surface area contributed by atoms with Crippen LogP contribution in [0.4, 0.5) is 0 Å². The summed E-state index contributed by atoms with van der Waals surface area (Å²) in [4.78, 5) is 12.3. The zero-order valence-electron chi connectivity index (χ0n) is 14.0. The topological polar surface area (TPSA) is 29.1 Å². The average molecular weight is 317 g/mol. The van der Waals surface area contributed by atoms with Crippen LogP contribution in [-0.2, 0) is 17.6 Å². The van der Waals surface area contributed by atoms with E-state index in [0.29, 0.717) is 6.42 Å². The van der Waals surface area contributed by atoms with Gasteiger partial charge in [-0.2, -0.15) is 0 Å². The smallest absolute Gasteiger partial charge is 0.224 e. The predicted molar refractivity (Wildman–Crippen MR) is 100 cm³/mol. The van der Waals surface area contributed by atoms with Crippen LogP contribution in [0.3, 0.4) is 0 Å². The first-order chi connectivity index (χ1) is 11.7. The average Bonchev–Trinajstić information content (AvgIpc) is 2.62. The molecule has 0 radical (unpaired) electrons. The number of fused-ring (bicyclic) bond motifs is 1. The number of carbonyl (C=O) groups excluding carboxylic acids is 1. The number of hydrogen-bond acceptors (Lipinski definition) is 1. The van der Waals surface area contributed by atoms with Crippen molar-refractivity contribution in [2.45, 2.75) is 32.2 Å². The third kappa shape index (κ3) is 4.23. The minimum atomic E-state index is 0.0915. The third-order valence-corrected chi connectivity index (χ3v) is 4.36. The largest absolute Gasteiger partial charge is 0.353 e. The zero-order chi connectivity index (χ0) is 16.8. The second kappa shape index (κ2) is 7.78. The minimum Gasteiger partial charge on any atom is -0.353 e. The second-order valence-electron chi connectivity index (χ2n) is 6.22. The Kier molecular flexibility index (Phi) is 5.27. The van der Waals surface area contributed by atoms with Gasteiger partial charge < -0.3 is 5.32 Å². The van der Waals surface area contributed by atoms with Gasteiger partial charge in [0.1, 0.15) is 0 Å². The van der Waals surface area contributed by atoms with E-state index in [1.54, 1.807) is 0 Å². The highest BCUT2D eigenvalue weighted by atomic mass is 16.1. The van der Waals surface area contributed by atoms with Crippen LogP contribution in [0.5, 0.6) is 0 Å². The summed E-state index contributed by atoms with van der Waals surface area (Å²) in [5.74, 6) is 0.0915. The maximum Gasteiger partial charge on any atom is 0.224 e. The fraction of sp³-hybridized carbons (Fsp3) is 0.227. The van der Waals surface area contributed by atoms with Crippen molar-refractivity contribution >= 4 is 16.7 Å². The van der Waals surface area contributed by atoms with Crippen LogP contribution in [0.25, 0.3) is 10.8 Å². The van der Waals surface area contributed by atoms with E-state index in [2.05, 4.69) is 54.7 Å². The molecule has 122 valence electrons. The summed E-state index contributed by atoms with van der Waals surface area (Å²) >= 11 is 0. The highest BCUT2D eigenvalue weighted by Gasteiger charge is 2.12. The van der Waals surface area contributed by atoms with E-state index in [0.717, 1.165) is 18.4 Å². The molecule has 1 N–H and O–H groups in total. The van der Waals surface area contributed by atoms with Crippen LogP contribution in [0, 0.1) is 0 Å². The molecule has 0 spiro atoms. The second-order valence-corrected chi connectivity index (χ2v) is 6.22. The lowest BCUT2D eigenvalue weighted by atomic mass is 10.00. The fourth-order valence-corrected chi connectivity index (χ4v) is 3.01. The summed E-state index contributed by atoms with van der Waals surface area (Å²) in [6.07, 6.45) is 2.23. The van der Waals surface area contributed by atoms with Crippen LogP contribution in [-0.4, -0.2) is 11.9 Å². The first-order valence-corrected chi connectivity index (χ1v) is 8.55. The predicted octanol–water partition coefficient (Wildman–Crippen LogP) is 4.52. The van der Waals surface area contributed by atoms with Crippen molar-refractivity contribution in [2.75, 3.05) is 0 Å². The monoisotopic (exact) mass is 317 g/mol. The van der Waals surface area contributed by atoms with E-state index >= 15 is 0 Å². The summed E-state index contributed by atoms with van der Waals surface area (Å²) in [5, 5.41) is 5.68. The van der Waals surface area contributed by atoms with Gasteiger partial charge in [0.05, 0.1) is 6.42 Å². The first kappa shape index (κ1) is 16.3. The van der Waals surface area contributed by atoms with E-state index in [4.69, 9.17) is 0 Å². The quantitative estimate of drug-likeness (QED) is 0.711. The molecule has 0 saturated carbocycles. The molecule has 0 aromatic heterocycles. The van der Waals surface area contributed by atoms with Gasteiger partial charge in [-0.3, -0.25) is 4.79 Å². The molecule has 2 heteroatoms. The molecule has 0 bridgehead atoms. The van der Waals surface area contributed by atoms with Crippen molar-refractivity contribution in [3.63, 3.8) is 0 Å². The summed E-state index contributed by atoms with van der Waals surface area (Å²) in [6, 6.07) is 25.0. The van der Waals surface area contributed by atoms with Gasteiger partial charge in [0, 0.05) is 6.04 Å². The van der Waals surface area contributed by atoms with Gasteiger partial charge in [0.2, 0.25) is 5.91 Å². The van der Waals surface area contributed by atoms with E-state index in [1.807, 2.05) is 30.3 Å². The van der Waals surface area contributed by atoms with E-state index in [9.17, 15) is 4.79 Å². The molecule has 3 aromatic carbocycles. The molecular formula is C22H23NO. The van der Waals surface area contributed by atoms with Crippen LogP contribution in [0.15, 0.2) is 72.8 Å². The lowest BCUT2D eigenvalue weighted by molar-refractivity contribution is -0.121. The molecule has 0 unspecified atom stereocenters. The van der Waals surface area contributed by atoms with Gasteiger partial charge in [-0.15, -0.1) is 0 Å². The molecule has 0 saturated heterocycles. The van der Waals surface area contributed by atoms with Gasteiger partial charge in [-0.25, -0.2) is 0 Å². The van der Waals surface area contributed by atoms with Crippen molar-refractivity contribution in [2.24, 2.45) is 0 Å². The molecule has 2 nitrogen and oxygen atoms in total. The first-order valence-electron chi connectivity index (χ1n) is 8.55. The molecule has 3 aromatic rings. The number of rotatable bonds is 6. The van der Waals surface area contributed by atoms with Crippen LogP contribution in [0.1, 0.15) is 24.5 Å². The maximum absolute atomic E-state index is 12.3. The van der Waals surface area contributed by atoms with Gasteiger partial charge in [0.25, 0.3) is 0 Å². The van der Waals surface area contributed by atoms with E-state index in [1.165, 1.54) is 16.3 Å². The Bertz CT molecular complexity index is 810. The highest BCUT2D eigenvalue weighted by molar-refractivity contribution is 5.83. The zero-order valence-corrected chi connectivity index (χ0v) is 14.0. The summed E-state index contributed by atoms with van der Waals surface area (Å²) in [5.41, 5.74) is 2.32. The number of carbonyl (C=O) groups is 1. The summed E-state index contributed by atoms with van der Waals surface area (Å²) < 4.78 is 0. The Balaban J connectivity index is 1.64. The Morgan fingerprint density at radius 1 is 0.875 bits per heavy atom. The Labute approximate surface area is 143 Å². The van der Waals surface area contributed by atoms with Gasteiger partial charge >= 0.3 is 0 Å². The van der Waals surface area contributed by atoms with E-state index < -0.39 is 0 Å². The summed E-state index contributed by atoms with van der Waals surface area (Å²) in [6.45, 7) is 2.12. The minimum absolute atomic E-state index is 0.0915. The van der Waals surface area contributed by atoms with Crippen LogP contribution in [0.2, 0.25) is 0 Å². The number of amides is 1. The normalized spacial score (nSPS) is 12.0. The molecule has 24 heavy (non-hydrogen) atoms. The molecule has 0 aliphatic heterocycles. The number of benzene rings is 3. The number of hydrogen-bond donors (Lipinski definition) is 1. The molecule has 0 heterocycles. The maximum atomic E-state index is 12.3. The standard InChI is InChI=1S/C22H23NO/c1-2-21(23-22(24)16-17-8-4-3-5-9-17)15-18-12-13-19-10-6-7-11-20(19)14-18/h3-14,21H,2,15-16H2,1H3,(H,23,24)/t21-/m0/s1. The Hall–Kier alpha value is -2.61. The van der Waals surface area contributed by atoms with Crippen LogP contribution < -0.4 is 5.32 Å². The van der Waals surface area contributed by atoms with Crippen molar-refractivity contribution in [3.8, 4) is 0 Å². The SMILES string of the molecule is CC[C@@H](Cc1ccc2ccccc2c1)NC(=O)Cc1ccccc1. The lowest BCUT2D eigenvalue weighted by Crippen LogP contribution is -2.36. The van der Waals surface area contributed by atoms with Gasteiger partial charge in [-0.05, 0) is 34.7 Å². The third-order valence-electron chi connectivity index (χ3n) is 4.36. The molecule has 0 aliphatic rings. The van der Waals surface area contributed by atoms with Gasteiger partial charge in [0.15, 0.2) is 0 Å². The van der Waals surface area contributed by atoms with Crippen molar-refractivity contribution in [1.29, 1.82) is 0 Å².